The fraction of sp³-hybridized carbons (Fsp3) is 0.263. The van der Waals surface area contributed by atoms with Gasteiger partial charge in [-0.2, -0.15) is 0 Å². The molecule has 2 aromatic rings. The van der Waals surface area contributed by atoms with Gasteiger partial charge in [-0.1, -0.05) is 48.5 Å². The summed E-state index contributed by atoms with van der Waals surface area (Å²) in [5.74, 6) is -0.587. The summed E-state index contributed by atoms with van der Waals surface area (Å²) < 4.78 is 0. The number of benzene rings is 2. The predicted molar refractivity (Wildman–Crippen MR) is 102 cm³/mol. The summed E-state index contributed by atoms with van der Waals surface area (Å²) in [7, 11) is 0. The maximum absolute atomic E-state index is 12.6. The Balaban J connectivity index is 0.00000312. The highest BCUT2D eigenvalue weighted by molar-refractivity contribution is 5.97. The minimum atomic E-state index is -0.777. The van der Waals surface area contributed by atoms with Crippen LogP contribution in [0.15, 0.2) is 60.7 Å². The summed E-state index contributed by atoms with van der Waals surface area (Å²) in [6, 6.07) is 17.2. The maximum Gasteiger partial charge on any atom is 0.252 e. The average Bonchev–Trinajstić information content (AvgIpc) is 2.58. The molecule has 0 aromatic heterocycles. The van der Waals surface area contributed by atoms with Crippen LogP contribution in [-0.4, -0.2) is 23.9 Å². The Morgan fingerprint density at radius 3 is 2.04 bits per heavy atom. The minimum absolute atomic E-state index is 0. The lowest BCUT2D eigenvalue weighted by Crippen LogP contribution is -2.48. The molecule has 2 aromatic carbocycles. The summed E-state index contributed by atoms with van der Waals surface area (Å²) in [4.78, 5) is 25.0. The van der Waals surface area contributed by atoms with Crippen LogP contribution in [0.1, 0.15) is 35.8 Å². The van der Waals surface area contributed by atoms with E-state index in [9.17, 15) is 9.59 Å². The number of hydrogen-bond acceptors (Lipinski definition) is 3. The Hall–Kier alpha value is -2.37. The highest BCUT2D eigenvalue weighted by Gasteiger charge is 2.24. The normalized spacial score (nSPS) is 11.8. The van der Waals surface area contributed by atoms with Gasteiger partial charge in [0.25, 0.3) is 5.91 Å². The van der Waals surface area contributed by atoms with Crippen molar-refractivity contribution >= 4 is 24.2 Å². The Morgan fingerprint density at radius 2 is 1.52 bits per heavy atom. The van der Waals surface area contributed by atoms with Crippen LogP contribution in [0.2, 0.25) is 0 Å². The third-order valence-electron chi connectivity index (χ3n) is 3.42. The van der Waals surface area contributed by atoms with E-state index >= 15 is 0 Å². The molecule has 0 fully saturated rings. The summed E-state index contributed by atoms with van der Waals surface area (Å²) in [6.07, 6.45) is 0. The van der Waals surface area contributed by atoms with Gasteiger partial charge in [-0.3, -0.25) is 9.59 Å². The second-order valence-corrected chi connectivity index (χ2v) is 6.39. The minimum Gasteiger partial charge on any atom is -0.352 e. The van der Waals surface area contributed by atoms with Gasteiger partial charge >= 0.3 is 0 Å². The molecular formula is C19H24ClN3O2. The zero-order chi connectivity index (χ0) is 17.6. The van der Waals surface area contributed by atoms with Crippen molar-refractivity contribution in [1.82, 2.24) is 10.6 Å². The van der Waals surface area contributed by atoms with E-state index in [4.69, 9.17) is 5.73 Å². The number of hydrogen-bond donors (Lipinski definition) is 3. The van der Waals surface area contributed by atoms with E-state index in [2.05, 4.69) is 10.6 Å². The Kier molecular flexibility index (Phi) is 7.61. The summed E-state index contributed by atoms with van der Waals surface area (Å²) >= 11 is 0. The molecule has 0 aliphatic heterocycles. The molecule has 4 N–H and O–H groups in total. The molecule has 25 heavy (non-hydrogen) atoms. The SMILES string of the molecule is CC(C)(N)CNC(=O)C(NC(=O)c1ccccc1)c1ccccc1.Cl. The molecule has 1 atom stereocenters. The molecule has 134 valence electrons. The zero-order valence-corrected chi connectivity index (χ0v) is 15.2. The molecule has 0 heterocycles. The Morgan fingerprint density at radius 1 is 1.00 bits per heavy atom. The molecule has 2 amide bonds. The number of amides is 2. The number of halogens is 1. The van der Waals surface area contributed by atoms with Gasteiger partial charge in [0.05, 0.1) is 0 Å². The summed E-state index contributed by atoms with van der Waals surface area (Å²) in [5.41, 5.74) is 6.61. The van der Waals surface area contributed by atoms with Crippen LogP contribution in [0.4, 0.5) is 0 Å². The van der Waals surface area contributed by atoms with Crippen LogP contribution >= 0.6 is 12.4 Å². The molecule has 0 radical (unpaired) electrons. The van der Waals surface area contributed by atoms with Crippen molar-refractivity contribution in [3.63, 3.8) is 0 Å². The zero-order valence-electron chi connectivity index (χ0n) is 14.4. The molecule has 1 unspecified atom stereocenters. The van der Waals surface area contributed by atoms with E-state index < -0.39 is 11.6 Å². The fourth-order valence-corrected chi connectivity index (χ4v) is 2.17. The van der Waals surface area contributed by atoms with E-state index in [-0.39, 0.29) is 24.2 Å². The lowest BCUT2D eigenvalue weighted by atomic mass is 10.0. The first-order chi connectivity index (χ1) is 11.4. The van der Waals surface area contributed by atoms with Gasteiger partial charge in [0.15, 0.2) is 0 Å². The molecular weight excluding hydrogens is 338 g/mol. The largest absolute Gasteiger partial charge is 0.352 e. The van der Waals surface area contributed by atoms with Crippen molar-refractivity contribution in [2.24, 2.45) is 5.73 Å². The molecule has 0 aliphatic rings. The topological polar surface area (TPSA) is 84.2 Å². The molecule has 0 spiro atoms. The highest BCUT2D eigenvalue weighted by Crippen LogP contribution is 2.14. The van der Waals surface area contributed by atoms with Crippen LogP contribution in [0.5, 0.6) is 0 Å². The number of carbonyl (C=O) groups excluding carboxylic acids is 2. The standard InChI is InChI=1S/C19H23N3O2.ClH/c1-19(2,20)13-21-18(24)16(14-9-5-3-6-10-14)22-17(23)15-11-7-4-8-12-15;/h3-12,16H,13,20H2,1-2H3,(H,21,24)(H,22,23);1H. The van der Waals surface area contributed by atoms with Crippen LogP contribution < -0.4 is 16.4 Å². The summed E-state index contributed by atoms with van der Waals surface area (Å²) in [5, 5.41) is 5.59. The van der Waals surface area contributed by atoms with E-state index in [0.29, 0.717) is 17.7 Å². The van der Waals surface area contributed by atoms with Gasteiger partial charge in [-0.15, -0.1) is 12.4 Å². The maximum atomic E-state index is 12.6. The lowest BCUT2D eigenvalue weighted by Gasteiger charge is -2.23. The lowest BCUT2D eigenvalue weighted by molar-refractivity contribution is -0.123. The van der Waals surface area contributed by atoms with Crippen molar-refractivity contribution in [1.29, 1.82) is 0 Å². The van der Waals surface area contributed by atoms with Gasteiger partial charge in [-0.25, -0.2) is 0 Å². The van der Waals surface area contributed by atoms with E-state index in [1.54, 1.807) is 24.3 Å². The predicted octanol–water partition coefficient (Wildman–Crippen LogP) is 2.43. The third-order valence-corrected chi connectivity index (χ3v) is 3.42. The number of nitrogens with one attached hydrogen (secondary N) is 2. The van der Waals surface area contributed by atoms with Crippen molar-refractivity contribution < 1.29 is 9.59 Å². The van der Waals surface area contributed by atoms with Gasteiger partial charge < -0.3 is 16.4 Å². The first kappa shape index (κ1) is 20.7. The van der Waals surface area contributed by atoms with E-state index in [1.807, 2.05) is 50.2 Å². The molecule has 0 saturated carbocycles. The van der Waals surface area contributed by atoms with Gasteiger partial charge in [0, 0.05) is 17.6 Å². The van der Waals surface area contributed by atoms with Crippen LogP contribution in [0.3, 0.4) is 0 Å². The number of carbonyl (C=O) groups is 2. The Labute approximate surface area is 154 Å². The van der Waals surface area contributed by atoms with Gasteiger partial charge in [0.1, 0.15) is 6.04 Å². The second-order valence-electron chi connectivity index (χ2n) is 6.39. The quantitative estimate of drug-likeness (QED) is 0.738. The first-order valence-corrected chi connectivity index (χ1v) is 7.84. The molecule has 2 rings (SSSR count). The molecule has 0 aliphatic carbocycles. The summed E-state index contributed by atoms with van der Waals surface area (Å²) in [6.45, 7) is 3.97. The first-order valence-electron chi connectivity index (χ1n) is 7.84. The van der Waals surface area contributed by atoms with Crippen molar-refractivity contribution in [2.75, 3.05) is 6.54 Å². The monoisotopic (exact) mass is 361 g/mol. The highest BCUT2D eigenvalue weighted by atomic mass is 35.5. The van der Waals surface area contributed by atoms with Crippen LogP contribution in [0, 0.1) is 0 Å². The number of nitrogens with two attached hydrogens (primary N) is 1. The molecule has 5 nitrogen and oxygen atoms in total. The van der Waals surface area contributed by atoms with Crippen LogP contribution in [-0.2, 0) is 4.79 Å². The Bertz CT molecular complexity index is 685. The molecule has 6 heteroatoms. The van der Waals surface area contributed by atoms with Crippen LogP contribution in [0.25, 0.3) is 0 Å². The fourth-order valence-electron chi connectivity index (χ4n) is 2.17. The van der Waals surface area contributed by atoms with E-state index in [1.165, 1.54) is 0 Å². The molecule has 0 saturated heterocycles. The van der Waals surface area contributed by atoms with Crippen molar-refractivity contribution in [2.45, 2.75) is 25.4 Å². The van der Waals surface area contributed by atoms with Crippen molar-refractivity contribution in [3.05, 3.63) is 71.8 Å². The second kappa shape index (κ2) is 9.20. The van der Waals surface area contributed by atoms with Gasteiger partial charge in [-0.05, 0) is 31.5 Å². The average molecular weight is 362 g/mol. The van der Waals surface area contributed by atoms with Gasteiger partial charge in [0.2, 0.25) is 5.91 Å². The third kappa shape index (κ3) is 6.57. The van der Waals surface area contributed by atoms with E-state index in [0.717, 1.165) is 0 Å². The molecule has 0 bridgehead atoms. The van der Waals surface area contributed by atoms with Crippen molar-refractivity contribution in [3.8, 4) is 0 Å². The smallest absolute Gasteiger partial charge is 0.252 e. The number of rotatable bonds is 6.